The van der Waals surface area contributed by atoms with Crippen LogP contribution in [0.3, 0.4) is 0 Å². The number of aliphatic imine (C=N–C) groups is 1. The minimum Gasteiger partial charge on any atom is -0.402 e. The lowest BCUT2D eigenvalue weighted by molar-refractivity contribution is -0.129. The van der Waals surface area contributed by atoms with Gasteiger partial charge in [-0.15, -0.1) is 0 Å². The fourth-order valence-electron chi connectivity index (χ4n) is 2.35. The summed E-state index contributed by atoms with van der Waals surface area (Å²) in [7, 11) is 0. The first kappa shape index (κ1) is 13.3. The number of hydrogen-bond acceptors (Lipinski definition) is 3. The molecule has 2 aromatic rings. The van der Waals surface area contributed by atoms with Crippen LogP contribution in [-0.4, -0.2) is 11.9 Å². The van der Waals surface area contributed by atoms with E-state index in [2.05, 4.69) is 4.99 Å². The lowest BCUT2D eigenvalue weighted by Gasteiger charge is -2.05. The lowest BCUT2D eigenvalue weighted by Crippen LogP contribution is -2.05. The van der Waals surface area contributed by atoms with E-state index in [1.54, 1.807) is 0 Å². The molecule has 0 saturated carbocycles. The largest absolute Gasteiger partial charge is 0.402 e. The minimum absolute atomic E-state index is 0.373. The van der Waals surface area contributed by atoms with Crippen LogP contribution in [0.5, 0.6) is 0 Å². The maximum atomic E-state index is 12.1. The SMILES string of the molecule is CC/C(=C1/N=C(c2ccccc2)OC1=O)c1ccccc1. The zero-order valence-corrected chi connectivity index (χ0v) is 11.7. The van der Waals surface area contributed by atoms with Gasteiger partial charge in [-0.3, -0.25) is 0 Å². The first-order valence-corrected chi connectivity index (χ1v) is 6.94. The van der Waals surface area contributed by atoms with Gasteiger partial charge in [0.15, 0.2) is 5.70 Å². The standard InChI is InChI=1S/C18H15NO2/c1-2-15(13-9-5-3-6-10-13)16-18(20)21-17(19-16)14-11-7-4-8-12-14/h3-12H,2H2,1H3/b16-15-. The maximum Gasteiger partial charge on any atom is 0.364 e. The molecule has 1 aliphatic rings. The summed E-state index contributed by atoms with van der Waals surface area (Å²) in [6.45, 7) is 2.01. The van der Waals surface area contributed by atoms with Crippen molar-refractivity contribution in [3.05, 3.63) is 77.5 Å². The van der Waals surface area contributed by atoms with Crippen molar-refractivity contribution in [3.63, 3.8) is 0 Å². The number of hydrogen-bond donors (Lipinski definition) is 0. The first-order chi connectivity index (χ1) is 10.3. The minimum atomic E-state index is -0.380. The summed E-state index contributed by atoms with van der Waals surface area (Å²) in [6.07, 6.45) is 0.722. The summed E-state index contributed by atoms with van der Waals surface area (Å²) in [4.78, 5) is 16.5. The second-order valence-electron chi connectivity index (χ2n) is 4.72. The molecule has 0 amide bonds. The van der Waals surface area contributed by atoms with Gasteiger partial charge >= 0.3 is 5.97 Å². The zero-order chi connectivity index (χ0) is 14.7. The number of carbonyl (C=O) groups is 1. The number of rotatable bonds is 3. The molecule has 1 heterocycles. The Kier molecular flexibility index (Phi) is 3.65. The van der Waals surface area contributed by atoms with E-state index < -0.39 is 0 Å². The van der Waals surface area contributed by atoms with Gasteiger partial charge in [0.1, 0.15) is 0 Å². The van der Waals surface area contributed by atoms with Crippen LogP contribution in [0.15, 0.2) is 71.4 Å². The highest BCUT2D eigenvalue weighted by molar-refractivity contribution is 6.14. The molecular formula is C18H15NO2. The van der Waals surface area contributed by atoms with Crippen LogP contribution >= 0.6 is 0 Å². The monoisotopic (exact) mass is 277 g/mol. The number of benzene rings is 2. The van der Waals surface area contributed by atoms with E-state index in [9.17, 15) is 4.79 Å². The molecule has 0 aromatic heterocycles. The van der Waals surface area contributed by atoms with E-state index >= 15 is 0 Å². The van der Waals surface area contributed by atoms with Crippen LogP contribution in [0.25, 0.3) is 5.57 Å². The third-order valence-corrected chi connectivity index (χ3v) is 3.38. The van der Waals surface area contributed by atoms with Crippen molar-refractivity contribution in [2.24, 2.45) is 4.99 Å². The highest BCUT2D eigenvalue weighted by Gasteiger charge is 2.27. The van der Waals surface area contributed by atoms with Gasteiger partial charge < -0.3 is 4.74 Å². The maximum absolute atomic E-state index is 12.1. The number of allylic oxidation sites excluding steroid dienone is 1. The van der Waals surface area contributed by atoms with E-state index in [0.717, 1.165) is 23.1 Å². The third-order valence-electron chi connectivity index (χ3n) is 3.38. The Labute approximate surface area is 123 Å². The Morgan fingerprint density at radius 3 is 2.24 bits per heavy atom. The van der Waals surface area contributed by atoms with Crippen molar-refractivity contribution >= 4 is 17.4 Å². The summed E-state index contributed by atoms with van der Waals surface area (Å²) in [5.41, 5.74) is 3.13. The van der Waals surface area contributed by atoms with Crippen molar-refractivity contribution in [2.75, 3.05) is 0 Å². The van der Waals surface area contributed by atoms with Gasteiger partial charge in [0, 0.05) is 5.56 Å². The van der Waals surface area contributed by atoms with Gasteiger partial charge in [0.25, 0.3) is 0 Å². The number of nitrogens with zero attached hydrogens (tertiary/aromatic N) is 1. The normalized spacial score (nSPS) is 16.4. The second-order valence-corrected chi connectivity index (χ2v) is 4.72. The van der Waals surface area contributed by atoms with E-state index in [4.69, 9.17) is 4.74 Å². The van der Waals surface area contributed by atoms with Crippen LogP contribution < -0.4 is 0 Å². The Morgan fingerprint density at radius 1 is 1.00 bits per heavy atom. The summed E-state index contributed by atoms with van der Waals surface area (Å²) < 4.78 is 5.32. The third kappa shape index (κ3) is 2.63. The molecule has 0 fully saturated rings. The second kappa shape index (κ2) is 5.75. The lowest BCUT2D eigenvalue weighted by atomic mass is 10.0. The molecule has 3 nitrogen and oxygen atoms in total. The highest BCUT2D eigenvalue weighted by atomic mass is 16.6. The Bertz CT molecular complexity index is 715. The molecule has 2 aromatic carbocycles. The smallest absolute Gasteiger partial charge is 0.364 e. The van der Waals surface area contributed by atoms with Gasteiger partial charge in [-0.05, 0) is 29.7 Å². The number of cyclic esters (lactones) is 1. The molecule has 0 radical (unpaired) electrons. The highest BCUT2D eigenvalue weighted by Crippen LogP contribution is 2.27. The molecule has 0 bridgehead atoms. The molecule has 0 unspecified atom stereocenters. The van der Waals surface area contributed by atoms with Crippen molar-refractivity contribution < 1.29 is 9.53 Å². The fourth-order valence-corrected chi connectivity index (χ4v) is 2.35. The van der Waals surface area contributed by atoms with Crippen LogP contribution in [-0.2, 0) is 9.53 Å². The van der Waals surface area contributed by atoms with Crippen molar-refractivity contribution in [1.29, 1.82) is 0 Å². The molecule has 21 heavy (non-hydrogen) atoms. The fraction of sp³-hybridized carbons (Fsp3) is 0.111. The summed E-state index contributed by atoms with van der Waals surface area (Å²) >= 11 is 0. The zero-order valence-electron chi connectivity index (χ0n) is 11.7. The molecule has 0 saturated heterocycles. The molecule has 3 rings (SSSR count). The van der Waals surface area contributed by atoms with E-state index in [-0.39, 0.29) is 5.97 Å². The first-order valence-electron chi connectivity index (χ1n) is 6.94. The van der Waals surface area contributed by atoms with Gasteiger partial charge in [0.05, 0.1) is 0 Å². The molecule has 0 aliphatic carbocycles. The number of esters is 1. The summed E-state index contributed by atoms with van der Waals surface area (Å²) in [6, 6.07) is 19.3. The topological polar surface area (TPSA) is 38.7 Å². The van der Waals surface area contributed by atoms with Crippen LogP contribution in [0.2, 0.25) is 0 Å². The Balaban J connectivity index is 2.07. The molecule has 3 heteroatoms. The van der Waals surface area contributed by atoms with Crippen LogP contribution in [0.4, 0.5) is 0 Å². The average Bonchev–Trinajstić information content (AvgIpc) is 2.92. The average molecular weight is 277 g/mol. The van der Waals surface area contributed by atoms with Gasteiger partial charge in [-0.1, -0.05) is 55.5 Å². The van der Waals surface area contributed by atoms with E-state index in [1.165, 1.54) is 0 Å². The Hall–Kier alpha value is -2.68. The number of ether oxygens (including phenoxy) is 1. The van der Waals surface area contributed by atoms with Crippen molar-refractivity contribution in [2.45, 2.75) is 13.3 Å². The van der Waals surface area contributed by atoms with E-state index in [1.807, 2.05) is 67.6 Å². The predicted molar refractivity (Wildman–Crippen MR) is 82.7 cm³/mol. The molecule has 104 valence electrons. The molecule has 0 atom stereocenters. The number of carbonyl (C=O) groups excluding carboxylic acids is 1. The molecular weight excluding hydrogens is 262 g/mol. The van der Waals surface area contributed by atoms with Gasteiger partial charge in [0.2, 0.25) is 5.90 Å². The van der Waals surface area contributed by atoms with Crippen molar-refractivity contribution in [1.82, 2.24) is 0 Å². The van der Waals surface area contributed by atoms with E-state index in [0.29, 0.717) is 11.6 Å². The Morgan fingerprint density at radius 2 is 1.62 bits per heavy atom. The summed E-state index contributed by atoms with van der Waals surface area (Å²) in [5, 5.41) is 0. The quantitative estimate of drug-likeness (QED) is 0.632. The molecule has 1 aliphatic heterocycles. The van der Waals surface area contributed by atoms with Gasteiger partial charge in [-0.2, -0.15) is 0 Å². The van der Waals surface area contributed by atoms with Crippen LogP contribution in [0, 0.1) is 0 Å². The summed E-state index contributed by atoms with van der Waals surface area (Å²) in [5.74, 6) is -0.00737. The van der Waals surface area contributed by atoms with Gasteiger partial charge in [-0.25, -0.2) is 9.79 Å². The molecule has 0 N–H and O–H groups in total. The van der Waals surface area contributed by atoms with Crippen molar-refractivity contribution in [3.8, 4) is 0 Å². The molecule has 0 spiro atoms. The predicted octanol–water partition coefficient (Wildman–Crippen LogP) is 3.81. The van der Waals surface area contributed by atoms with Crippen LogP contribution in [0.1, 0.15) is 24.5 Å².